The largest absolute Gasteiger partial charge is 0.335 e. The number of rotatable bonds is 2. The lowest BCUT2D eigenvalue weighted by atomic mass is 9.94. The number of urea groups is 1. The Kier molecular flexibility index (Phi) is 4.64. The van der Waals surface area contributed by atoms with Crippen LogP contribution in [-0.4, -0.2) is 45.3 Å². The third-order valence-corrected chi connectivity index (χ3v) is 6.60. The Morgan fingerprint density at radius 2 is 2.00 bits per heavy atom. The van der Waals surface area contributed by atoms with Crippen LogP contribution in [0.5, 0.6) is 0 Å². The highest BCUT2D eigenvalue weighted by Gasteiger charge is 2.40. The third-order valence-electron chi connectivity index (χ3n) is 3.85. The fourth-order valence-electron chi connectivity index (χ4n) is 2.80. The van der Waals surface area contributed by atoms with Crippen molar-refractivity contribution in [2.24, 2.45) is 0 Å². The first-order valence-corrected chi connectivity index (χ1v) is 9.03. The molecule has 1 saturated carbocycles. The Morgan fingerprint density at radius 3 is 2.70 bits per heavy atom. The molecule has 0 bridgehead atoms. The highest BCUT2D eigenvalue weighted by molar-refractivity contribution is 8.17. The second kappa shape index (κ2) is 6.29. The zero-order valence-electron chi connectivity index (χ0n) is 11.5. The molecule has 8 heteroatoms. The van der Waals surface area contributed by atoms with E-state index >= 15 is 0 Å². The molecular formula is C12H21FN4OS2. The van der Waals surface area contributed by atoms with Crippen molar-refractivity contribution in [3.63, 3.8) is 0 Å². The lowest BCUT2D eigenvalue weighted by molar-refractivity contribution is 0.198. The van der Waals surface area contributed by atoms with Gasteiger partial charge in [-0.15, -0.1) is 11.8 Å². The Balaban J connectivity index is 1.39. The second-order valence-corrected chi connectivity index (χ2v) is 8.63. The number of hydrogen-bond donors (Lipinski definition) is 3. The van der Waals surface area contributed by atoms with Crippen LogP contribution in [0.4, 0.5) is 9.18 Å². The summed E-state index contributed by atoms with van der Waals surface area (Å²) in [6.45, 7) is 3.21. The molecule has 0 aromatic heterocycles. The summed E-state index contributed by atoms with van der Waals surface area (Å²) in [5.41, 5.74) is 3.23. The van der Waals surface area contributed by atoms with Gasteiger partial charge in [0.15, 0.2) is 0 Å². The van der Waals surface area contributed by atoms with Gasteiger partial charge in [0.2, 0.25) is 0 Å². The fourth-order valence-corrected chi connectivity index (χ4v) is 5.80. The van der Waals surface area contributed by atoms with Crippen molar-refractivity contribution < 1.29 is 9.18 Å². The number of carbonyl (C=O) groups is 1. The molecule has 3 aliphatic rings. The summed E-state index contributed by atoms with van der Waals surface area (Å²) in [6, 6.07) is -0.0425. The summed E-state index contributed by atoms with van der Waals surface area (Å²) in [5.74, 6) is 0. The van der Waals surface area contributed by atoms with Gasteiger partial charge in [-0.25, -0.2) is 19.6 Å². The number of amides is 2. The monoisotopic (exact) mass is 320 g/mol. The summed E-state index contributed by atoms with van der Waals surface area (Å²) < 4.78 is 13.4. The van der Waals surface area contributed by atoms with Gasteiger partial charge in [-0.05, 0) is 25.7 Å². The minimum Gasteiger partial charge on any atom is -0.335 e. The van der Waals surface area contributed by atoms with E-state index in [9.17, 15) is 9.18 Å². The van der Waals surface area contributed by atoms with Gasteiger partial charge < -0.3 is 10.6 Å². The number of fused-ring (bicyclic) bond motifs is 1. The zero-order valence-corrected chi connectivity index (χ0v) is 13.1. The number of nitrogens with one attached hydrogen (secondary N) is 3. The number of alkyl halides is 1. The maximum Gasteiger partial charge on any atom is 0.316 e. The van der Waals surface area contributed by atoms with E-state index in [1.807, 2.05) is 11.8 Å². The van der Waals surface area contributed by atoms with Gasteiger partial charge in [0.05, 0.1) is 0 Å². The predicted molar refractivity (Wildman–Crippen MR) is 80.9 cm³/mol. The Morgan fingerprint density at radius 1 is 1.25 bits per heavy atom. The normalized spacial score (nSPS) is 41.4. The predicted octanol–water partition coefficient (Wildman–Crippen LogP) is 1.82. The molecule has 2 amide bonds. The molecule has 0 radical (unpaired) electrons. The molecule has 2 aliphatic heterocycles. The average molecular weight is 320 g/mol. The van der Waals surface area contributed by atoms with E-state index in [-0.39, 0.29) is 17.6 Å². The van der Waals surface area contributed by atoms with E-state index in [4.69, 9.17) is 0 Å². The quantitative estimate of drug-likeness (QED) is 0.725. The van der Waals surface area contributed by atoms with Crippen molar-refractivity contribution >= 4 is 29.6 Å². The van der Waals surface area contributed by atoms with Crippen LogP contribution in [-0.2, 0) is 0 Å². The van der Waals surface area contributed by atoms with E-state index in [1.54, 1.807) is 11.8 Å². The molecule has 3 N–H and O–H groups in total. The van der Waals surface area contributed by atoms with Gasteiger partial charge in [0.25, 0.3) is 0 Å². The number of hydrogen-bond acceptors (Lipinski definition) is 5. The summed E-state index contributed by atoms with van der Waals surface area (Å²) in [4.78, 5) is 11.9. The van der Waals surface area contributed by atoms with Crippen molar-refractivity contribution in [1.29, 1.82) is 0 Å². The maximum absolute atomic E-state index is 13.0. The van der Waals surface area contributed by atoms with Crippen LogP contribution in [0.15, 0.2) is 0 Å². The molecule has 5 nitrogen and oxygen atoms in total. The van der Waals surface area contributed by atoms with Crippen LogP contribution in [0.25, 0.3) is 0 Å². The molecule has 2 saturated heterocycles. The summed E-state index contributed by atoms with van der Waals surface area (Å²) in [7, 11) is 0. The van der Waals surface area contributed by atoms with Crippen LogP contribution in [0.3, 0.4) is 0 Å². The lowest BCUT2D eigenvalue weighted by Crippen LogP contribution is -2.51. The van der Waals surface area contributed by atoms with Gasteiger partial charge in [-0.1, -0.05) is 18.7 Å². The van der Waals surface area contributed by atoms with Gasteiger partial charge >= 0.3 is 6.03 Å². The maximum atomic E-state index is 13.0. The molecule has 0 spiro atoms. The average Bonchev–Trinajstić information content (AvgIpc) is 2.88. The van der Waals surface area contributed by atoms with Crippen molar-refractivity contribution in [3.05, 3.63) is 0 Å². The molecule has 0 aromatic rings. The minimum atomic E-state index is -0.686. The van der Waals surface area contributed by atoms with Gasteiger partial charge in [-0.3, -0.25) is 0 Å². The topological polar surface area (TPSA) is 56.4 Å². The molecule has 3 atom stereocenters. The molecular weight excluding hydrogens is 299 g/mol. The standard InChI is InChI=1S/C12H21FN4OS2/c1-7-6-17-12(19-7)20-11(16-17)15-10(18)14-9-4-2-8(13)3-5-9/h7-9,11-12,16H,2-6H2,1H3,(H2,14,15,18). The fraction of sp³-hybridized carbons (Fsp3) is 0.917. The molecule has 0 aromatic carbocycles. The second-order valence-electron chi connectivity index (χ2n) is 5.62. The smallest absolute Gasteiger partial charge is 0.316 e. The molecule has 114 valence electrons. The van der Waals surface area contributed by atoms with E-state index in [1.165, 1.54) is 0 Å². The Hall–Kier alpha value is -0.180. The first-order chi connectivity index (χ1) is 9.60. The third kappa shape index (κ3) is 3.52. The SMILES string of the molecule is CC1CN2NC(NC(=O)NC3CCC(F)CC3)SC2S1. The first kappa shape index (κ1) is 14.7. The highest BCUT2D eigenvalue weighted by atomic mass is 32.2. The van der Waals surface area contributed by atoms with Crippen molar-refractivity contribution in [3.8, 4) is 0 Å². The number of halogens is 1. The molecule has 3 unspecified atom stereocenters. The van der Waals surface area contributed by atoms with Gasteiger partial charge in [0.1, 0.15) is 16.4 Å². The summed E-state index contributed by atoms with van der Waals surface area (Å²) in [5, 5.41) is 8.69. The van der Waals surface area contributed by atoms with Gasteiger partial charge in [0, 0.05) is 17.8 Å². The Bertz CT molecular complexity index is 353. The molecule has 3 fully saturated rings. The van der Waals surface area contributed by atoms with Crippen molar-refractivity contribution in [2.45, 2.75) is 60.3 Å². The van der Waals surface area contributed by atoms with Gasteiger partial charge in [-0.2, -0.15) is 0 Å². The van der Waals surface area contributed by atoms with Crippen LogP contribution in [0, 0.1) is 0 Å². The van der Waals surface area contributed by atoms with E-state index in [2.05, 4.69) is 28.0 Å². The molecule has 2 heterocycles. The lowest BCUT2D eigenvalue weighted by Gasteiger charge is -2.26. The van der Waals surface area contributed by atoms with Crippen molar-refractivity contribution in [1.82, 2.24) is 21.1 Å². The zero-order chi connectivity index (χ0) is 14.1. The van der Waals surface area contributed by atoms with E-state index in [0.29, 0.717) is 22.8 Å². The molecule has 20 heavy (non-hydrogen) atoms. The van der Waals surface area contributed by atoms with Crippen LogP contribution < -0.4 is 16.1 Å². The van der Waals surface area contributed by atoms with Crippen LogP contribution in [0.1, 0.15) is 32.6 Å². The number of hydrazine groups is 1. The van der Waals surface area contributed by atoms with E-state index in [0.717, 1.165) is 19.4 Å². The number of nitrogens with zero attached hydrogens (tertiary/aromatic N) is 1. The molecule has 1 aliphatic carbocycles. The summed E-state index contributed by atoms with van der Waals surface area (Å²) in [6.07, 6.45) is 1.91. The summed E-state index contributed by atoms with van der Waals surface area (Å²) >= 11 is 3.64. The van der Waals surface area contributed by atoms with Crippen LogP contribution >= 0.6 is 23.5 Å². The molecule has 3 rings (SSSR count). The first-order valence-electron chi connectivity index (χ1n) is 7.15. The van der Waals surface area contributed by atoms with Crippen LogP contribution in [0.2, 0.25) is 0 Å². The highest BCUT2D eigenvalue weighted by Crippen LogP contribution is 2.41. The number of carbonyl (C=O) groups excluding carboxylic acids is 1. The van der Waals surface area contributed by atoms with E-state index < -0.39 is 6.17 Å². The van der Waals surface area contributed by atoms with Crippen molar-refractivity contribution in [2.75, 3.05) is 6.54 Å². The number of thioether (sulfide) groups is 2. The minimum absolute atomic E-state index is 0.0717. The Labute approximate surface area is 127 Å².